The highest BCUT2D eigenvalue weighted by Gasteiger charge is 2.35. The highest BCUT2D eigenvalue weighted by Crippen LogP contribution is 2.32. The number of imidazole rings is 1. The third kappa shape index (κ3) is 1.83. The fraction of sp³-hybridized carbons (Fsp3) is 0.545. The molecule has 1 saturated carbocycles. The maximum Gasteiger partial charge on any atom is 0.451 e. The van der Waals surface area contributed by atoms with Crippen LogP contribution in [0.4, 0.5) is 13.2 Å². The Kier molecular flexibility index (Phi) is 2.49. The second kappa shape index (κ2) is 3.93. The molecule has 0 aromatic carbocycles. The Hall–Kier alpha value is -1.66. The summed E-state index contributed by atoms with van der Waals surface area (Å²) in [7, 11) is 0. The second-order valence-corrected chi connectivity index (χ2v) is 4.49. The zero-order chi connectivity index (χ0) is 12.8. The summed E-state index contributed by atoms with van der Waals surface area (Å²) in [6, 6.07) is 0.214. The first kappa shape index (κ1) is 11.4. The first-order valence-corrected chi connectivity index (χ1v) is 5.82. The Bertz CT molecular complexity index is 569. The SMILES string of the molecule is FC(F)(F)c1ncc2ncn(C3CCCC3)c2n1. The van der Waals surface area contributed by atoms with E-state index < -0.39 is 12.0 Å². The molecule has 0 aliphatic heterocycles. The topological polar surface area (TPSA) is 43.6 Å². The monoisotopic (exact) mass is 256 g/mol. The summed E-state index contributed by atoms with van der Waals surface area (Å²) in [6.07, 6.45) is 2.32. The van der Waals surface area contributed by atoms with Gasteiger partial charge in [0.1, 0.15) is 5.52 Å². The first-order valence-electron chi connectivity index (χ1n) is 5.82. The number of aromatic nitrogens is 4. The molecule has 1 fully saturated rings. The Balaban J connectivity index is 2.10. The molecule has 0 atom stereocenters. The molecule has 96 valence electrons. The van der Waals surface area contributed by atoms with Crippen LogP contribution in [0.1, 0.15) is 37.5 Å². The smallest absolute Gasteiger partial charge is 0.312 e. The highest BCUT2D eigenvalue weighted by atomic mass is 19.4. The average Bonchev–Trinajstić information content (AvgIpc) is 2.95. The molecule has 2 aromatic rings. The third-order valence-corrected chi connectivity index (χ3v) is 3.29. The number of hydrogen-bond acceptors (Lipinski definition) is 3. The minimum Gasteiger partial charge on any atom is -0.312 e. The van der Waals surface area contributed by atoms with Crippen molar-refractivity contribution in [3.8, 4) is 0 Å². The fourth-order valence-corrected chi connectivity index (χ4v) is 2.41. The summed E-state index contributed by atoms with van der Waals surface area (Å²) >= 11 is 0. The fourth-order valence-electron chi connectivity index (χ4n) is 2.41. The summed E-state index contributed by atoms with van der Waals surface area (Å²) in [5, 5.41) is 0. The maximum atomic E-state index is 12.6. The molecule has 2 aromatic heterocycles. The van der Waals surface area contributed by atoms with Gasteiger partial charge in [0.15, 0.2) is 5.65 Å². The van der Waals surface area contributed by atoms with Gasteiger partial charge in [0, 0.05) is 6.04 Å². The Labute approximate surface area is 101 Å². The number of rotatable bonds is 1. The van der Waals surface area contributed by atoms with Gasteiger partial charge in [-0.3, -0.25) is 0 Å². The lowest BCUT2D eigenvalue weighted by Gasteiger charge is -2.12. The molecule has 0 spiro atoms. The molecule has 0 amide bonds. The number of fused-ring (bicyclic) bond motifs is 1. The minimum absolute atomic E-state index is 0.214. The molecular weight excluding hydrogens is 245 g/mol. The van der Waals surface area contributed by atoms with Crippen molar-refractivity contribution in [2.75, 3.05) is 0 Å². The van der Waals surface area contributed by atoms with Crippen LogP contribution in [0, 0.1) is 0 Å². The van der Waals surface area contributed by atoms with E-state index in [0.717, 1.165) is 31.9 Å². The maximum absolute atomic E-state index is 12.6. The van der Waals surface area contributed by atoms with Gasteiger partial charge < -0.3 is 4.57 Å². The zero-order valence-electron chi connectivity index (χ0n) is 9.48. The van der Waals surface area contributed by atoms with Crippen molar-refractivity contribution in [3.63, 3.8) is 0 Å². The zero-order valence-corrected chi connectivity index (χ0v) is 9.48. The van der Waals surface area contributed by atoms with E-state index in [4.69, 9.17) is 0 Å². The van der Waals surface area contributed by atoms with E-state index >= 15 is 0 Å². The summed E-state index contributed by atoms with van der Waals surface area (Å²) < 4.78 is 39.5. The lowest BCUT2D eigenvalue weighted by Crippen LogP contribution is -2.12. The van der Waals surface area contributed by atoms with Crippen LogP contribution >= 0.6 is 0 Å². The standard InChI is InChI=1S/C11H11F3N4/c12-11(13,14)10-15-5-8-9(17-10)18(6-16-8)7-3-1-2-4-7/h5-7H,1-4H2. The predicted molar refractivity (Wildman–Crippen MR) is 57.8 cm³/mol. The summed E-state index contributed by atoms with van der Waals surface area (Å²) in [6.45, 7) is 0. The van der Waals surface area contributed by atoms with Crippen LogP contribution in [-0.2, 0) is 6.18 Å². The number of halogens is 3. The van der Waals surface area contributed by atoms with Crippen LogP contribution in [-0.4, -0.2) is 19.5 Å². The Morgan fingerprint density at radius 2 is 1.89 bits per heavy atom. The van der Waals surface area contributed by atoms with E-state index in [2.05, 4.69) is 15.0 Å². The molecular formula is C11H11F3N4. The van der Waals surface area contributed by atoms with Crippen molar-refractivity contribution in [1.29, 1.82) is 0 Å². The lowest BCUT2D eigenvalue weighted by molar-refractivity contribution is -0.144. The molecule has 0 saturated heterocycles. The van der Waals surface area contributed by atoms with Gasteiger partial charge in [0.2, 0.25) is 5.82 Å². The summed E-state index contributed by atoms with van der Waals surface area (Å²) in [5.41, 5.74) is 0.694. The molecule has 0 unspecified atom stereocenters. The van der Waals surface area contributed by atoms with Crippen LogP contribution in [0.15, 0.2) is 12.5 Å². The van der Waals surface area contributed by atoms with E-state index in [1.54, 1.807) is 10.9 Å². The van der Waals surface area contributed by atoms with Crippen molar-refractivity contribution >= 4 is 11.2 Å². The number of hydrogen-bond donors (Lipinski definition) is 0. The minimum atomic E-state index is -4.51. The van der Waals surface area contributed by atoms with E-state index in [0.29, 0.717) is 5.52 Å². The first-order chi connectivity index (χ1) is 8.55. The van der Waals surface area contributed by atoms with Crippen molar-refractivity contribution in [3.05, 3.63) is 18.3 Å². The van der Waals surface area contributed by atoms with Gasteiger partial charge in [-0.25, -0.2) is 15.0 Å². The molecule has 1 aliphatic rings. The molecule has 0 N–H and O–H groups in total. The largest absolute Gasteiger partial charge is 0.451 e. The van der Waals surface area contributed by atoms with Gasteiger partial charge >= 0.3 is 6.18 Å². The summed E-state index contributed by atoms with van der Waals surface area (Å²) in [4.78, 5) is 11.0. The van der Waals surface area contributed by atoms with Crippen molar-refractivity contribution < 1.29 is 13.2 Å². The molecule has 18 heavy (non-hydrogen) atoms. The van der Waals surface area contributed by atoms with E-state index in [9.17, 15) is 13.2 Å². The molecule has 1 aliphatic carbocycles. The van der Waals surface area contributed by atoms with Crippen LogP contribution in [0.2, 0.25) is 0 Å². The normalized spacial score (nSPS) is 17.7. The number of alkyl halides is 3. The van der Waals surface area contributed by atoms with Crippen LogP contribution in [0.25, 0.3) is 11.2 Å². The predicted octanol–water partition coefficient (Wildman–Crippen LogP) is 2.96. The van der Waals surface area contributed by atoms with Crippen LogP contribution in [0.5, 0.6) is 0 Å². The van der Waals surface area contributed by atoms with Gasteiger partial charge in [0.05, 0.1) is 12.5 Å². The summed E-state index contributed by atoms with van der Waals surface area (Å²) in [5.74, 6) is -1.10. The van der Waals surface area contributed by atoms with Crippen molar-refractivity contribution in [2.24, 2.45) is 0 Å². The third-order valence-electron chi connectivity index (χ3n) is 3.29. The van der Waals surface area contributed by atoms with Gasteiger partial charge in [-0.1, -0.05) is 12.8 Å². The highest BCUT2D eigenvalue weighted by molar-refractivity contribution is 5.69. The van der Waals surface area contributed by atoms with Gasteiger partial charge in [-0.2, -0.15) is 13.2 Å². The van der Waals surface area contributed by atoms with E-state index in [1.165, 1.54) is 0 Å². The quantitative estimate of drug-likeness (QED) is 0.787. The number of nitrogens with zero attached hydrogens (tertiary/aromatic N) is 4. The van der Waals surface area contributed by atoms with Crippen LogP contribution in [0.3, 0.4) is 0 Å². The lowest BCUT2D eigenvalue weighted by atomic mass is 10.2. The van der Waals surface area contributed by atoms with E-state index in [-0.39, 0.29) is 11.7 Å². The van der Waals surface area contributed by atoms with E-state index in [1.807, 2.05) is 0 Å². The van der Waals surface area contributed by atoms with Gasteiger partial charge in [0.25, 0.3) is 0 Å². The molecule has 3 rings (SSSR count). The molecule has 7 heteroatoms. The van der Waals surface area contributed by atoms with Gasteiger partial charge in [-0.05, 0) is 12.8 Å². The van der Waals surface area contributed by atoms with Gasteiger partial charge in [-0.15, -0.1) is 0 Å². The molecule has 4 nitrogen and oxygen atoms in total. The van der Waals surface area contributed by atoms with Crippen molar-refractivity contribution in [1.82, 2.24) is 19.5 Å². The Morgan fingerprint density at radius 1 is 1.17 bits per heavy atom. The molecule has 0 radical (unpaired) electrons. The average molecular weight is 256 g/mol. The molecule has 2 heterocycles. The Morgan fingerprint density at radius 3 is 2.56 bits per heavy atom. The van der Waals surface area contributed by atoms with Crippen molar-refractivity contribution in [2.45, 2.75) is 37.9 Å². The second-order valence-electron chi connectivity index (χ2n) is 4.49. The molecule has 0 bridgehead atoms. The van der Waals surface area contributed by atoms with Crippen LogP contribution < -0.4 is 0 Å².